The van der Waals surface area contributed by atoms with Gasteiger partial charge in [0.1, 0.15) is 5.82 Å². The zero-order valence-electron chi connectivity index (χ0n) is 13.6. The second-order valence-electron chi connectivity index (χ2n) is 5.17. The van der Waals surface area contributed by atoms with Gasteiger partial charge >= 0.3 is 5.97 Å². The molecule has 130 valence electrons. The third-order valence-corrected chi connectivity index (χ3v) is 3.56. The Bertz CT molecular complexity index is 768. The van der Waals surface area contributed by atoms with E-state index in [1.807, 2.05) is 6.92 Å². The predicted octanol–water partition coefficient (Wildman–Crippen LogP) is 4.70. The molecular formula is C19H17ClFNO3. The van der Waals surface area contributed by atoms with Crippen molar-refractivity contribution in [1.29, 1.82) is 0 Å². The zero-order chi connectivity index (χ0) is 18.2. The van der Waals surface area contributed by atoms with Crippen molar-refractivity contribution < 1.29 is 18.7 Å². The number of hydrogen-bond acceptors (Lipinski definition) is 3. The Kier molecular flexibility index (Phi) is 6.71. The van der Waals surface area contributed by atoms with E-state index in [0.29, 0.717) is 17.9 Å². The maximum absolute atomic E-state index is 13.6. The van der Waals surface area contributed by atoms with Crippen LogP contribution in [0, 0.1) is 5.82 Å². The minimum atomic E-state index is -0.508. The van der Waals surface area contributed by atoms with Crippen LogP contribution in [0.25, 0.3) is 6.08 Å². The van der Waals surface area contributed by atoms with Gasteiger partial charge in [0.2, 0.25) is 5.91 Å². The number of ether oxygens (including phenoxy) is 1. The summed E-state index contributed by atoms with van der Waals surface area (Å²) in [6, 6.07) is 10.6. The maximum atomic E-state index is 13.6. The predicted molar refractivity (Wildman–Crippen MR) is 96.1 cm³/mol. The van der Waals surface area contributed by atoms with Crippen molar-refractivity contribution in [3.63, 3.8) is 0 Å². The average molecular weight is 362 g/mol. The molecule has 6 heteroatoms. The van der Waals surface area contributed by atoms with Crippen LogP contribution in [-0.2, 0) is 9.53 Å². The lowest BCUT2D eigenvalue weighted by Crippen LogP contribution is -2.09. The summed E-state index contributed by atoms with van der Waals surface area (Å²) < 4.78 is 18.6. The van der Waals surface area contributed by atoms with Crippen LogP contribution in [0.15, 0.2) is 48.5 Å². The van der Waals surface area contributed by atoms with Crippen LogP contribution in [0.5, 0.6) is 0 Å². The highest BCUT2D eigenvalue weighted by atomic mass is 35.5. The van der Waals surface area contributed by atoms with E-state index < -0.39 is 17.7 Å². The first-order chi connectivity index (χ1) is 12.0. The van der Waals surface area contributed by atoms with Crippen LogP contribution >= 0.6 is 11.6 Å². The molecule has 0 aliphatic heterocycles. The summed E-state index contributed by atoms with van der Waals surface area (Å²) in [5, 5.41) is 2.84. The lowest BCUT2D eigenvalue weighted by Gasteiger charge is -2.05. The molecule has 1 N–H and O–H groups in total. The van der Waals surface area contributed by atoms with Gasteiger partial charge in [0, 0.05) is 17.3 Å². The van der Waals surface area contributed by atoms with E-state index in [2.05, 4.69) is 5.32 Å². The standard InChI is InChI=1S/C19H17ClFNO3/c1-2-12-25-19(24)13-6-8-14(9-7-13)22-18(23)11-10-15-16(20)4-3-5-17(15)21/h3-11H,2,12H2,1H3,(H,22,23). The molecule has 0 saturated heterocycles. The molecule has 25 heavy (non-hydrogen) atoms. The fourth-order valence-electron chi connectivity index (χ4n) is 1.98. The number of rotatable bonds is 6. The van der Waals surface area contributed by atoms with E-state index in [0.717, 1.165) is 6.42 Å². The number of carbonyl (C=O) groups excluding carboxylic acids is 2. The van der Waals surface area contributed by atoms with Crippen molar-refractivity contribution in [3.05, 3.63) is 70.5 Å². The third kappa shape index (κ3) is 5.43. The Hall–Kier alpha value is -2.66. The summed E-state index contributed by atoms with van der Waals surface area (Å²) in [7, 11) is 0. The van der Waals surface area contributed by atoms with E-state index in [1.54, 1.807) is 30.3 Å². The molecule has 1 amide bonds. The van der Waals surface area contributed by atoms with Crippen LogP contribution in [0.3, 0.4) is 0 Å². The number of amides is 1. The van der Waals surface area contributed by atoms with Gasteiger partial charge in [0.25, 0.3) is 0 Å². The Morgan fingerprint density at radius 2 is 1.92 bits per heavy atom. The number of benzene rings is 2. The molecule has 0 saturated carbocycles. The molecule has 0 spiro atoms. The molecule has 0 atom stereocenters. The summed E-state index contributed by atoms with van der Waals surface area (Å²) in [5.41, 5.74) is 1.05. The molecule has 0 radical (unpaired) electrons. The van der Waals surface area contributed by atoms with E-state index in [4.69, 9.17) is 16.3 Å². The lowest BCUT2D eigenvalue weighted by atomic mass is 10.2. The molecule has 2 rings (SSSR count). The molecule has 0 aliphatic carbocycles. The van der Waals surface area contributed by atoms with Gasteiger partial charge in [0.15, 0.2) is 0 Å². The first kappa shape index (κ1) is 18.7. The van der Waals surface area contributed by atoms with Gasteiger partial charge in [-0.2, -0.15) is 0 Å². The Morgan fingerprint density at radius 3 is 2.56 bits per heavy atom. The topological polar surface area (TPSA) is 55.4 Å². The first-order valence-corrected chi connectivity index (χ1v) is 8.09. The number of nitrogens with one attached hydrogen (secondary N) is 1. The van der Waals surface area contributed by atoms with Gasteiger partial charge in [-0.25, -0.2) is 9.18 Å². The molecule has 2 aromatic rings. The highest BCUT2D eigenvalue weighted by Crippen LogP contribution is 2.20. The second-order valence-corrected chi connectivity index (χ2v) is 5.58. The van der Waals surface area contributed by atoms with Gasteiger partial charge in [-0.15, -0.1) is 0 Å². The molecule has 0 heterocycles. The largest absolute Gasteiger partial charge is 0.462 e. The van der Waals surface area contributed by atoms with E-state index in [-0.39, 0.29) is 10.6 Å². The molecule has 4 nitrogen and oxygen atoms in total. The molecule has 0 bridgehead atoms. The van der Waals surface area contributed by atoms with Crippen molar-refractivity contribution in [1.82, 2.24) is 0 Å². The second kappa shape index (κ2) is 8.99. The van der Waals surface area contributed by atoms with Crippen molar-refractivity contribution in [2.75, 3.05) is 11.9 Å². The number of hydrogen-bond donors (Lipinski definition) is 1. The first-order valence-electron chi connectivity index (χ1n) is 7.71. The minimum absolute atomic E-state index is 0.147. The lowest BCUT2D eigenvalue weighted by molar-refractivity contribution is -0.111. The van der Waals surface area contributed by atoms with Crippen molar-refractivity contribution in [2.24, 2.45) is 0 Å². The van der Waals surface area contributed by atoms with Gasteiger partial charge in [0.05, 0.1) is 17.2 Å². The van der Waals surface area contributed by atoms with Crippen molar-refractivity contribution in [2.45, 2.75) is 13.3 Å². The molecular weight excluding hydrogens is 345 g/mol. The Balaban J connectivity index is 1.99. The maximum Gasteiger partial charge on any atom is 0.338 e. The monoisotopic (exact) mass is 361 g/mol. The molecule has 2 aromatic carbocycles. The molecule has 0 fully saturated rings. The summed E-state index contributed by atoms with van der Waals surface area (Å²) in [6.07, 6.45) is 3.25. The summed E-state index contributed by atoms with van der Waals surface area (Å²) in [5.74, 6) is -1.36. The van der Waals surface area contributed by atoms with Gasteiger partial charge < -0.3 is 10.1 Å². The van der Waals surface area contributed by atoms with Crippen LogP contribution in [0.1, 0.15) is 29.3 Å². The summed E-state index contributed by atoms with van der Waals surface area (Å²) >= 11 is 5.89. The Labute approximate surface area is 150 Å². The molecule has 0 aliphatic rings. The Morgan fingerprint density at radius 1 is 1.20 bits per heavy atom. The smallest absolute Gasteiger partial charge is 0.338 e. The van der Waals surface area contributed by atoms with E-state index in [1.165, 1.54) is 24.3 Å². The third-order valence-electron chi connectivity index (χ3n) is 3.23. The van der Waals surface area contributed by atoms with Crippen LogP contribution in [0.2, 0.25) is 5.02 Å². The van der Waals surface area contributed by atoms with Gasteiger partial charge in [-0.05, 0) is 48.9 Å². The SMILES string of the molecule is CCCOC(=O)c1ccc(NC(=O)C=Cc2c(F)cccc2Cl)cc1. The van der Waals surface area contributed by atoms with Crippen LogP contribution in [0.4, 0.5) is 10.1 Å². The van der Waals surface area contributed by atoms with Crippen molar-refractivity contribution >= 4 is 35.2 Å². The average Bonchev–Trinajstić information content (AvgIpc) is 2.60. The fraction of sp³-hybridized carbons (Fsp3) is 0.158. The highest BCUT2D eigenvalue weighted by molar-refractivity contribution is 6.32. The number of esters is 1. The molecule has 0 unspecified atom stereocenters. The van der Waals surface area contributed by atoms with E-state index in [9.17, 15) is 14.0 Å². The quantitative estimate of drug-likeness (QED) is 0.599. The fourth-order valence-corrected chi connectivity index (χ4v) is 2.21. The normalized spacial score (nSPS) is 10.7. The van der Waals surface area contributed by atoms with Crippen LogP contribution < -0.4 is 5.32 Å². The van der Waals surface area contributed by atoms with Gasteiger partial charge in [-0.1, -0.05) is 24.6 Å². The molecule has 0 aromatic heterocycles. The zero-order valence-corrected chi connectivity index (χ0v) is 14.3. The van der Waals surface area contributed by atoms with Gasteiger partial charge in [-0.3, -0.25) is 4.79 Å². The number of carbonyl (C=O) groups is 2. The van der Waals surface area contributed by atoms with E-state index >= 15 is 0 Å². The van der Waals surface area contributed by atoms with Crippen LogP contribution in [-0.4, -0.2) is 18.5 Å². The summed E-state index contributed by atoms with van der Waals surface area (Å²) in [4.78, 5) is 23.6. The highest BCUT2D eigenvalue weighted by Gasteiger charge is 2.07. The summed E-state index contributed by atoms with van der Waals surface area (Å²) in [6.45, 7) is 2.27. The number of halogens is 2. The van der Waals surface area contributed by atoms with Crippen molar-refractivity contribution in [3.8, 4) is 0 Å². The number of anilines is 1. The minimum Gasteiger partial charge on any atom is -0.462 e.